The Hall–Kier alpha value is -0.990. The van der Waals surface area contributed by atoms with Crippen molar-refractivity contribution in [3.63, 3.8) is 0 Å². The van der Waals surface area contributed by atoms with Crippen LogP contribution in [0.4, 0.5) is 0 Å². The maximum Gasteiger partial charge on any atom is 0.333 e. The molecule has 0 saturated carbocycles. The number of rotatable bonds is 11. The van der Waals surface area contributed by atoms with Crippen LogP contribution in [0.15, 0.2) is 11.3 Å². The topological polar surface area (TPSA) is 40.5 Å². The predicted octanol–water partition coefficient (Wildman–Crippen LogP) is 4.44. The van der Waals surface area contributed by atoms with Crippen LogP contribution < -0.4 is 0 Å². The van der Waals surface area contributed by atoms with Gasteiger partial charge in [0.15, 0.2) is 0 Å². The third-order valence-corrected chi connectivity index (χ3v) is 3.67. The number of aliphatic carboxylic acids is 1. The molecule has 112 valence electrons. The Morgan fingerprint density at radius 2 is 1.47 bits per heavy atom. The molecule has 0 bridgehead atoms. The third-order valence-electron chi connectivity index (χ3n) is 3.67. The molecule has 0 aliphatic carbocycles. The van der Waals surface area contributed by atoms with Crippen molar-refractivity contribution in [2.24, 2.45) is 0 Å². The van der Waals surface area contributed by atoms with Crippen molar-refractivity contribution in [3.05, 3.63) is 11.3 Å². The van der Waals surface area contributed by atoms with E-state index in [0.717, 1.165) is 31.6 Å². The predicted molar refractivity (Wildman–Crippen MR) is 81.2 cm³/mol. The Morgan fingerprint density at radius 1 is 0.947 bits per heavy atom. The number of allylic oxidation sites excluding steroid dienone is 1. The molecule has 3 heteroatoms. The zero-order valence-electron chi connectivity index (χ0n) is 13.2. The summed E-state index contributed by atoms with van der Waals surface area (Å²) >= 11 is 0. The molecule has 0 aliphatic heterocycles. The van der Waals surface area contributed by atoms with Gasteiger partial charge in [-0.3, -0.25) is 0 Å². The Morgan fingerprint density at radius 3 is 1.95 bits per heavy atom. The number of carbonyl (C=O) groups is 1. The molecule has 0 atom stereocenters. The number of carboxylic acids is 1. The number of nitrogens with zero attached hydrogens (tertiary/aromatic N) is 1. The van der Waals surface area contributed by atoms with Crippen molar-refractivity contribution in [2.75, 3.05) is 13.1 Å². The first-order chi connectivity index (χ1) is 9.08. The summed E-state index contributed by atoms with van der Waals surface area (Å²) in [7, 11) is 0. The van der Waals surface area contributed by atoms with Gasteiger partial charge in [-0.15, -0.1) is 0 Å². The van der Waals surface area contributed by atoms with E-state index in [1.54, 1.807) is 6.92 Å². The van der Waals surface area contributed by atoms with Crippen molar-refractivity contribution < 1.29 is 9.90 Å². The summed E-state index contributed by atoms with van der Waals surface area (Å²) in [6.45, 7) is 9.88. The first kappa shape index (κ1) is 18.0. The van der Waals surface area contributed by atoms with E-state index >= 15 is 0 Å². The average molecular weight is 269 g/mol. The van der Waals surface area contributed by atoms with E-state index in [-0.39, 0.29) is 0 Å². The minimum Gasteiger partial charge on any atom is -0.478 e. The molecule has 0 aromatic rings. The Labute approximate surface area is 118 Å². The molecule has 0 aromatic carbocycles. The van der Waals surface area contributed by atoms with Crippen LogP contribution in [0.3, 0.4) is 0 Å². The molecule has 19 heavy (non-hydrogen) atoms. The molecule has 0 aromatic heterocycles. The fraction of sp³-hybridized carbons (Fsp3) is 0.812. The lowest BCUT2D eigenvalue weighted by Crippen LogP contribution is -2.25. The first-order valence-electron chi connectivity index (χ1n) is 7.76. The molecule has 0 radical (unpaired) electrons. The first-order valence-corrected chi connectivity index (χ1v) is 7.76. The molecule has 0 rings (SSSR count). The molecule has 0 saturated heterocycles. The highest BCUT2D eigenvalue weighted by Gasteiger charge is 2.13. The van der Waals surface area contributed by atoms with Crippen molar-refractivity contribution in [1.29, 1.82) is 0 Å². The van der Waals surface area contributed by atoms with Crippen LogP contribution in [0.25, 0.3) is 0 Å². The second kappa shape index (κ2) is 10.9. The summed E-state index contributed by atoms with van der Waals surface area (Å²) in [5, 5.41) is 9.18. The second-order valence-electron chi connectivity index (χ2n) is 5.07. The molecule has 0 spiro atoms. The van der Waals surface area contributed by atoms with Gasteiger partial charge in [-0.25, -0.2) is 4.79 Å². The van der Waals surface area contributed by atoms with Gasteiger partial charge in [-0.1, -0.05) is 39.0 Å². The lowest BCUT2D eigenvalue weighted by molar-refractivity contribution is -0.132. The van der Waals surface area contributed by atoms with Gasteiger partial charge in [0.25, 0.3) is 0 Å². The fourth-order valence-corrected chi connectivity index (χ4v) is 2.38. The van der Waals surface area contributed by atoms with Crippen molar-refractivity contribution in [2.45, 2.75) is 72.6 Å². The number of hydrogen-bond acceptors (Lipinski definition) is 2. The van der Waals surface area contributed by atoms with Crippen molar-refractivity contribution >= 4 is 5.97 Å². The number of carboxylic acid groups (broad SMARTS) is 1. The van der Waals surface area contributed by atoms with E-state index in [0.29, 0.717) is 5.57 Å². The average Bonchev–Trinajstić information content (AvgIpc) is 2.40. The Balaban J connectivity index is 4.37. The maximum atomic E-state index is 11.2. The second-order valence-corrected chi connectivity index (χ2v) is 5.07. The highest BCUT2D eigenvalue weighted by atomic mass is 16.4. The largest absolute Gasteiger partial charge is 0.478 e. The van der Waals surface area contributed by atoms with E-state index in [9.17, 15) is 9.90 Å². The standard InChI is InChI=1S/C16H31NO2/c1-5-8-9-10-11-12-13-15(14(4)16(18)19)17(6-2)7-3/h5-13H2,1-4H3,(H,18,19)/b15-14+. The minimum atomic E-state index is -0.784. The van der Waals surface area contributed by atoms with E-state index in [2.05, 4.69) is 25.7 Å². The maximum absolute atomic E-state index is 11.2. The van der Waals surface area contributed by atoms with Gasteiger partial charge in [0.2, 0.25) is 0 Å². The fourth-order valence-electron chi connectivity index (χ4n) is 2.38. The molecular weight excluding hydrogens is 238 g/mol. The SMILES string of the molecule is CCCCCCCC/C(=C(/C)C(=O)O)N(CC)CC. The minimum absolute atomic E-state index is 0.511. The quantitative estimate of drug-likeness (QED) is 0.445. The molecule has 0 amide bonds. The lowest BCUT2D eigenvalue weighted by atomic mass is 10.0. The highest BCUT2D eigenvalue weighted by molar-refractivity contribution is 5.86. The van der Waals surface area contributed by atoms with Crippen LogP contribution in [0.1, 0.15) is 72.6 Å². The van der Waals surface area contributed by atoms with Crippen LogP contribution in [-0.2, 0) is 4.79 Å². The Kier molecular flexibility index (Phi) is 10.3. The molecule has 0 unspecified atom stereocenters. The molecule has 1 N–H and O–H groups in total. The Bertz CT molecular complexity index is 280. The third kappa shape index (κ3) is 7.24. The van der Waals surface area contributed by atoms with Gasteiger partial charge in [-0.05, 0) is 33.6 Å². The van der Waals surface area contributed by atoms with Gasteiger partial charge >= 0.3 is 5.97 Å². The highest BCUT2D eigenvalue weighted by Crippen LogP contribution is 2.19. The summed E-state index contributed by atoms with van der Waals surface area (Å²) in [4.78, 5) is 13.3. The molecule has 0 fully saturated rings. The van der Waals surface area contributed by atoms with Crippen LogP contribution in [0, 0.1) is 0 Å². The monoisotopic (exact) mass is 269 g/mol. The zero-order chi connectivity index (χ0) is 14.7. The summed E-state index contributed by atoms with van der Waals surface area (Å²) in [6.07, 6.45) is 8.35. The summed E-state index contributed by atoms with van der Waals surface area (Å²) in [5.41, 5.74) is 1.53. The van der Waals surface area contributed by atoms with Crippen molar-refractivity contribution in [1.82, 2.24) is 4.90 Å². The lowest BCUT2D eigenvalue weighted by Gasteiger charge is -2.26. The molecular formula is C16H31NO2. The van der Waals surface area contributed by atoms with Crippen LogP contribution in [0.2, 0.25) is 0 Å². The number of unbranched alkanes of at least 4 members (excludes halogenated alkanes) is 5. The van der Waals surface area contributed by atoms with Crippen LogP contribution in [-0.4, -0.2) is 29.1 Å². The summed E-state index contributed by atoms with van der Waals surface area (Å²) in [6, 6.07) is 0. The van der Waals surface area contributed by atoms with Gasteiger partial charge < -0.3 is 10.0 Å². The van der Waals surface area contributed by atoms with Gasteiger partial charge in [0.05, 0.1) is 5.57 Å². The van der Waals surface area contributed by atoms with E-state index in [1.165, 1.54) is 32.1 Å². The molecule has 0 aliphatic rings. The summed E-state index contributed by atoms with van der Waals surface area (Å²) < 4.78 is 0. The van der Waals surface area contributed by atoms with E-state index in [4.69, 9.17) is 0 Å². The zero-order valence-corrected chi connectivity index (χ0v) is 13.2. The van der Waals surface area contributed by atoms with Gasteiger partial charge in [-0.2, -0.15) is 0 Å². The molecule has 3 nitrogen and oxygen atoms in total. The van der Waals surface area contributed by atoms with E-state index in [1.807, 2.05) is 0 Å². The summed E-state index contributed by atoms with van der Waals surface area (Å²) in [5.74, 6) is -0.784. The number of hydrogen-bond donors (Lipinski definition) is 1. The van der Waals surface area contributed by atoms with Gasteiger partial charge in [0.1, 0.15) is 0 Å². The smallest absolute Gasteiger partial charge is 0.333 e. The van der Waals surface area contributed by atoms with Crippen molar-refractivity contribution in [3.8, 4) is 0 Å². The molecule has 0 heterocycles. The van der Waals surface area contributed by atoms with Crippen LogP contribution in [0.5, 0.6) is 0 Å². The normalized spacial score (nSPS) is 12.2. The van der Waals surface area contributed by atoms with E-state index < -0.39 is 5.97 Å². The van der Waals surface area contributed by atoms with Gasteiger partial charge in [0, 0.05) is 18.8 Å². The van der Waals surface area contributed by atoms with Crippen LogP contribution >= 0.6 is 0 Å².